The number of halogens is 2. The molecule has 2 fully saturated rings. The van der Waals surface area contributed by atoms with Crippen LogP contribution in [0, 0.1) is 23.5 Å². The molecule has 2 heterocycles. The van der Waals surface area contributed by atoms with Crippen molar-refractivity contribution in [3.63, 3.8) is 0 Å². The number of carbonyl (C=O) groups is 1. The molecule has 8 heteroatoms. The Morgan fingerprint density at radius 2 is 1.80 bits per heavy atom. The Labute approximate surface area is 200 Å². The lowest BCUT2D eigenvalue weighted by molar-refractivity contribution is -0.131. The van der Waals surface area contributed by atoms with Gasteiger partial charge in [0.2, 0.25) is 5.91 Å². The number of carbonyl (C=O) groups excluding carboxylic acids is 1. The number of nitrogens with zero attached hydrogens (tertiary/aromatic N) is 3. The van der Waals surface area contributed by atoms with Crippen LogP contribution in [-0.4, -0.2) is 38.7 Å². The minimum Gasteiger partial charge on any atom is -0.342 e. The van der Waals surface area contributed by atoms with E-state index >= 15 is 4.39 Å². The lowest BCUT2D eigenvalue weighted by atomic mass is 10.0. The van der Waals surface area contributed by atoms with Gasteiger partial charge >= 0.3 is 5.69 Å². The molecular weight excluding hydrogens is 450 g/mol. The molecule has 35 heavy (non-hydrogen) atoms. The fraction of sp³-hybridized carbons (Fsp3) is 0.296. The number of amides is 1. The smallest absolute Gasteiger partial charge is 0.342 e. The standard InChI is InChI=1S/C27H24F2N4O2/c28-22-3-1-2-17-4-7-19(13-21(17)22)20-8-9-24(23(29)14-20)33-25(30-31-27(33)35)12-16-10-11-32(15-16)26(34)18-5-6-18/h1-4,7-9,13-14,16,18H,5-6,10-12,15H2,(H,31,35)/t16-/m0/s1. The van der Waals surface area contributed by atoms with E-state index in [-0.39, 0.29) is 29.2 Å². The molecule has 1 saturated heterocycles. The van der Waals surface area contributed by atoms with Gasteiger partial charge in [-0.2, -0.15) is 5.10 Å². The van der Waals surface area contributed by atoms with Gasteiger partial charge in [0.25, 0.3) is 0 Å². The number of H-pyrrole nitrogens is 1. The largest absolute Gasteiger partial charge is 0.348 e. The number of rotatable bonds is 5. The van der Waals surface area contributed by atoms with Gasteiger partial charge in [-0.3, -0.25) is 4.79 Å². The molecule has 3 aromatic carbocycles. The first kappa shape index (κ1) is 21.7. The zero-order chi connectivity index (χ0) is 24.1. The molecule has 2 aliphatic rings. The molecule has 0 unspecified atom stereocenters. The maximum absolute atomic E-state index is 15.3. The molecular formula is C27H24F2N4O2. The van der Waals surface area contributed by atoms with Crippen LogP contribution in [0.4, 0.5) is 8.78 Å². The molecule has 0 radical (unpaired) electrons. The van der Waals surface area contributed by atoms with Crippen LogP contribution in [-0.2, 0) is 11.2 Å². The highest BCUT2D eigenvalue weighted by Crippen LogP contribution is 2.33. The fourth-order valence-electron chi connectivity index (χ4n) is 5.04. The van der Waals surface area contributed by atoms with Crippen molar-refractivity contribution in [3.05, 3.63) is 82.5 Å². The van der Waals surface area contributed by atoms with Crippen LogP contribution >= 0.6 is 0 Å². The molecule has 0 spiro atoms. The van der Waals surface area contributed by atoms with Crippen molar-refractivity contribution in [1.82, 2.24) is 19.7 Å². The Balaban J connectivity index is 1.27. The summed E-state index contributed by atoms with van der Waals surface area (Å²) < 4.78 is 30.8. The Morgan fingerprint density at radius 1 is 1.00 bits per heavy atom. The maximum Gasteiger partial charge on any atom is 0.348 e. The average molecular weight is 475 g/mol. The van der Waals surface area contributed by atoms with Crippen molar-refractivity contribution in [2.24, 2.45) is 11.8 Å². The second-order valence-electron chi connectivity index (χ2n) is 9.54. The molecule has 6 rings (SSSR count). The lowest BCUT2D eigenvalue weighted by Crippen LogP contribution is -2.30. The Hall–Kier alpha value is -3.81. The predicted molar refractivity (Wildman–Crippen MR) is 128 cm³/mol. The van der Waals surface area contributed by atoms with Crippen LogP contribution in [0.15, 0.2) is 59.4 Å². The monoisotopic (exact) mass is 474 g/mol. The lowest BCUT2D eigenvalue weighted by Gasteiger charge is -2.16. The summed E-state index contributed by atoms with van der Waals surface area (Å²) in [7, 11) is 0. The van der Waals surface area contributed by atoms with Crippen molar-refractivity contribution in [2.45, 2.75) is 25.7 Å². The molecule has 1 N–H and O–H groups in total. The Bertz CT molecular complexity index is 1500. The van der Waals surface area contributed by atoms with Crippen molar-refractivity contribution in [2.75, 3.05) is 13.1 Å². The minimum absolute atomic E-state index is 0.110. The molecule has 4 aromatic rings. The highest BCUT2D eigenvalue weighted by molar-refractivity contribution is 5.88. The van der Waals surface area contributed by atoms with Gasteiger partial charge in [-0.15, -0.1) is 0 Å². The van der Waals surface area contributed by atoms with Crippen molar-refractivity contribution in [3.8, 4) is 16.8 Å². The van der Waals surface area contributed by atoms with Crippen LogP contribution < -0.4 is 5.69 Å². The normalized spacial score (nSPS) is 17.9. The summed E-state index contributed by atoms with van der Waals surface area (Å²) >= 11 is 0. The highest BCUT2D eigenvalue weighted by Gasteiger charge is 2.37. The third-order valence-corrected chi connectivity index (χ3v) is 7.09. The third kappa shape index (κ3) is 4.03. The summed E-state index contributed by atoms with van der Waals surface area (Å²) in [5, 5.41) is 7.83. The van der Waals surface area contributed by atoms with E-state index in [1.165, 1.54) is 16.7 Å². The third-order valence-electron chi connectivity index (χ3n) is 7.09. The van der Waals surface area contributed by atoms with E-state index in [1.807, 2.05) is 17.0 Å². The number of fused-ring (bicyclic) bond motifs is 1. The highest BCUT2D eigenvalue weighted by atomic mass is 19.1. The zero-order valence-electron chi connectivity index (χ0n) is 19.0. The maximum atomic E-state index is 15.3. The van der Waals surface area contributed by atoms with Gasteiger partial charge in [-0.25, -0.2) is 23.2 Å². The number of hydrogen-bond acceptors (Lipinski definition) is 3. The van der Waals surface area contributed by atoms with E-state index in [9.17, 15) is 14.0 Å². The van der Waals surface area contributed by atoms with Gasteiger partial charge < -0.3 is 4.90 Å². The quantitative estimate of drug-likeness (QED) is 0.464. The molecule has 1 aromatic heterocycles. The summed E-state index contributed by atoms with van der Waals surface area (Å²) in [6, 6.07) is 14.8. The van der Waals surface area contributed by atoms with E-state index in [2.05, 4.69) is 10.2 Å². The van der Waals surface area contributed by atoms with E-state index in [1.54, 1.807) is 30.3 Å². The minimum atomic E-state index is -0.571. The summed E-state index contributed by atoms with van der Waals surface area (Å²) in [5.74, 6) is 0.117. The first-order chi connectivity index (χ1) is 17.0. The molecule has 6 nitrogen and oxygen atoms in total. The average Bonchev–Trinajstić information content (AvgIpc) is 3.51. The topological polar surface area (TPSA) is 71.0 Å². The summed E-state index contributed by atoms with van der Waals surface area (Å²) in [6.07, 6.45) is 3.25. The number of nitrogens with one attached hydrogen (secondary N) is 1. The SMILES string of the molecule is O=C(C1CC1)N1CC[C@@H](Cc2n[nH]c(=O)n2-c2ccc(-c3ccc4cccc(F)c4c3)cc2F)C1. The molecule has 1 atom stereocenters. The number of hydrogen-bond donors (Lipinski definition) is 1. The van der Waals surface area contributed by atoms with Gasteiger partial charge in [0.15, 0.2) is 0 Å². The first-order valence-electron chi connectivity index (χ1n) is 11.9. The Kier molecular flexibility index (Phi) is 5.24. The summed E-state index contributed by atoms with van der Waals surface area (Å²) in [6.45, 7) is 1.35. The molecule has 1 amide bonds. The second kappa shape index (κ2) is 8.45. The van der Waals surface area contributed by atoms with Gasteiger partial charge in [-0.1, -0.05) is 30.3 Å². The molecule has 1 aliphatic carbocycles. The van der Waals surface area contributed by atoms with Crippen LogP contribution in [0.5, 0.6) is 0 Å². The van der Waals surface area contributed by atoms with E-state index in [0.29, 0.717) is 41.8 Å². The van der Waals surface area contributed by atoms with Gasteiger partial charge in [0.05, 0.1) is 5.69 Å². The number of benzene rings is 3. The zero-order valence-corrected chi connectivity index (χ0v) is 19.0. The van der Waals surface area contributed by atoms with E-state index in [4.69, 9.17) is 0 Å². The van der Waals surface area contributed by atoms with Crippen LogP contribution in [0.1, 0.15) is 25.1 Å². The van der Waals surface area contributed by atoms with Crippen LogP contribution in [0.3, 0.4) is 0 Å². The summed E-state index contributed by atoms with van der Waals surface area (Å²) in [5.41, 5.74) is 0.862. The molecule has 178 valence electrons. The van der Waals surface area contributed by atoms with Crippen molar-refractivity contribution < 1.29 is 13.6 Å². The fourth-order valence-corrected chi connectivity index (χ4v) is 5.04. The predicted octanol–water partition coefficient (Wildman–Crippen LogP) is 4.46. The van der Waals surface area contributed by atoms with E-state index < -0.39 is 11.5 Å². The van der Waals surface area contributed by atoms with E-state index in [0.717, 1.165) is 24.6 Å². The van der Waals surface area contributed by atoms with Crippen LogP contribution in [0.25, 0.3) is 27.6 Å². The van der Waals surface area contributed by atoms with Crippen molar-refractivity contribution in [1.29, 1.82) is 0 Å². The Morgan fingerprint density at radius 3 is 2.60 bits per heavy atom. The van der Waals surface area contributed by atoms with Gasteiger partial charge in [-0.05, 0) is 66.0 Å². The van der Waals surface area contributed by atoms with Crippen LogP contribution in [0.2, 0.25) is 0 Å². The van der Waals surface area contributed by atoms with Gasteiger partial charge in [0, 0.05) is 30.8 Å². The number of likely N-dealkylation sites (tertiary alicyclic amines) is 1. The second-order valence-corrected chi connectivity index (χ2v) is 9.54. The molecule has 0 bridgehead atoms. The number of aromatic amines is 1. The number of aromatic nitrogens is 3. The first-order valence-corrected chi connectivity index (χ1v) is 11.9. The van der Waals surface area contributed by atoms with Crippen molar-refractivity contribution >= 4 is 16.7 Å². The molecule has 1 saturated carbocycles. The molecule has 1 aliphatic heterocycles. The summed E-state index contributed by atoms with van der Waals surface area (Å²) in [4.78, 5) is 26.8. The van der Waals surface area contributed by atoms with Gasteiger partial charge in [0.1, 0.15) is 17.5 Å².